The Kier molecular flexibility index (Phi) is 5.80. The van der Waals surface area contributed by atoms with Gasteiger partial charge in [0.25, 0.3) is 0 Å². The fraction of sp³-hybridized carbons (Fsp3) is 0.174. The average Bonchev–Trinajstić information content (AvgIpc) is 3.32. The van der Waals surface area contributed by atoms with Crippen molar-refractivity contribution in [2.45, 2.75) is 26.9 Å². The number of anilines is 3. The highest BCUT2D eigenvalue weighted by Gasteiger charge is 2.40. The lowest BCUT2D eigenvalue weighted by Crippen LogP contribution is -2.37. The summed E-state index contributed by atoms with van der Waals surface area (Å²) in [7, 11) is 0. The summed E-state index contributed by atoms with van der Waals surface area (Å²) in [5.74, 6) is 0.0718. The second-order valence-electron chi connectivity index (χ2n) is 7.24. The van der Waals surface area contributed by atoms with Gasteiger partial charge in [-0.25, -0.2) is 5.01 Å². The molecule has 1 amide bonds. The number of hydrogen-bond acceptors (Lipinski definition) is 6. The van der Waals surface area contributed by atoms with E-state index >= 15 is 0 Å². The van der Waals surface area contributed by atoms with Crippen molar-refractivity contribution < 1.29 is 9.59 Å². The number of ketones is 1. The molecule has 0 unspecified atom stereocenters. The van der Waals surface area contributed by atoms with Crippen LogP contribution in [0.5, 0.6) is 0 Å². The molecule has 4 rings (SSSR count). The fourth-order valence-corrected chi connectivity index (χ4v) is 4.64. The summed E-state index contributed by atoms with van der Waals surface area (Å²) in [6, 6.07) is 16.9. The Balaban J connectivity index is 1.83. The Hall–Kier alpha value is -3.16. The Morgan fingerprint density at radius 3 is 2.19 bits per heavy atom. The van der Waals surface area contributed by atoms with Gasteiger partial charge in [-0.05, 0) is 72.5 Å². The minimum Gasteiger partial charge on any atom is -0.326 e. The van der Waals surface area contributed by atoms with Crippen molar-refractivity contribution in [3.05, 3.63) is 75.4 Å². The highest BCUT2D eigenvalue weighted by atomic mass is 35.5. The molecule has 1 aliphatic heterocycles. The lowest BCUT2D eigenvalue weighted by Gasteiger charge is -2.31. The van der Waals surface area contributed by atoms with Crippen LogP contribution >= 0.6 is 22.9 Å². The molecule has 1 aliphatic rings. The highest BCUT2D eigenvalue weighted by Crippen LogP contribution is 2.42. The van der Waals surface area contributed by atoms with Crippen LogP contribution in [-0.2, 0) is 9.59 Å². The number of nitrogens with one attached hydrogen (secondary N) is 1. The molecule has 0 spiro atoms. The van der Waals surface area contributed by atoms with Gasteiger partial charge >= 0.3 is 0 Å². The smallest absolute Gasteiger partial charge is 0.221 e. The number of halogens is 1. The maximum atomic E-state index is 12.6. The van der Waals surface area contributed by atoms with Gasteiger partial charge in [0.15, 0.2) is 17.8 Å². The van der Waals surface area contributed by atoms with E-state index in [9.17, 15) is 9.59 Å². The normalized spacial score (nSPS) is 15.7. The van der Waals surface area contributed by atoms with Gasteiger partial charge in [-0.2, -0.15) is 0 Å². The van der Waals surface area contributed by atoms with Crippen molar-refractivity contribution >= 4 is 57.5 Å². The zero-order valence-corrected chi connectivity index (χ0v) is 18.9. The van der Waals surface area contributed by atoms with E-state index in [0.717, 1.165) is 21.8 Å². The number of amides is 1. The van der Waals surface area contributed by atoms with Crippen LogP contribution in [0.15, 0.2) is 65.1 Å². The molecule has 0 bridgehead atoms. The number of Topliss-reactive ketones (excluding diaryl/α,β-unsaturated/α-hetero) is 1. The van der Waals surface area contributed by atoms with E-state index in [4.69, 9.17) is 16.7 Å². The molecular weight excluding hydrogens is 432 g/mol. The third-order valence-corrected chi connectivity index (χ3v) is 6.23. The molecule has 0 aliphatic carbocycles. The summed E-state index contributed by atoms with van der Waals surface area (Å²) >= 11 is 7.71. The Morgan fingerprint density at radius 2 is 1.65 bits per heavy atom. The first kappa shape index (κ1) is 21.1. The predicted octanol–water partition coefficient (Wildman–Crippen LogP) is 5.60. The van der Waals surface area contributed by atoms with E-state index < -0.39 is 0 Å². The summed E-state index contributed by atoms with van der Waals surface area (Å²) in [5, 5.41) is 12.0. The SMILES string of the molecule is CC(=O)Nc1ccc(N2C(C(C)=O)=NN(c3ccc(Cl)cc3)[C@H]2c2sccc2C)cc1. The summed E-state index contributed by atoms with van der Waals surface area (Å²) in [6.45, 7) is 5.03. The number of hydrogen-bond donors (Lipinski definition) is 1. The monoisotopic (exact) mass is 452 g/mol. The summed E-state index contributed by atoms with van der Waals surface area (Å²) in [5.41, 5.74) is 3.44. The summed E-state index contributed by atoms with van der Waals surface area (Å²) in [6.07, 6.45) is -0.327. The molecular formula is C23H21ClN4O2S. The Labute approximate surface area is 189 Å². The first-order valence-electron chi connectivity index (χ1n) is 9.70. The van der Waals surface area contributed by atoms with Crippen LogP contribution in [0.25, 0.3) is 0 Å². The van der Waals surface area contributed by atoms with E-state index in [2.05, 4.69) is 18.3 Å². The predicted molar refractivity (Wildman–Crippen MR) is 127 cm³/mol. The highest BCUT2D eigenvalue weighted by molar-refractivity contribution is 7.10. The van der Waals surface area contributed by atoms with Crippen molar-refractivity contribution in [1.82, 2.24) is 0 Å². The van der Waals surface area contributed by atoms with Crippen molar-refractivity contribution in [3.8, 4) is 0 Å². The van der Waals surface area contributed by atoms with E-state index in [1.165, 1.54) is 13.8 Å². The Morgan fingerprint density at radius 1 is 1.00 bits per heavy atom. The van der Waals surface area contributed by atoms with Crippen LogP contribution in [0.2, 0.25) is 5.02 Å². The minimum absolute atomic E-state index is 0.137. The zero-order chi connectivity index (χ0) is 22.1. The van der Waals surface area contributed by atoms with Gasteiger partial charge in [-0.1, -0.05) is 11.6 Å². The molecule has 158 valence electrons. The molecule has 0 saturated carbocycles. The van der Waals surface area contributed by atoms with Gasteiger partial charge in [0.2, 0.25) is 5.91 Å². The molecule has 3 aromatic rings. The number of amidine groups is 1. The fourth-order valence-electron chi connectivity index (χ4n) is 3.51. The average molecular weight is 453 g/mol. The molecule has 31 heavy (non-hydrogen) atoms. The van der Waals surface area contributed by atoms with Gasteiger partial charge in [0.1, 0.15) is 0 Å². The molecule has 6 nitrogen and oxygen atoms in total. The lowest BCUT2D eigenvalue weighted by molar-refractivity contribution is -0.114. The van der Waals surface area contributed by atoms with Gasteiger partial charge in [0, 0.05) is 30.2 Å². The number of nitrogens with zero attached hydrogens (tertiary/aromatic N) is 3. The second-order valence-corrected chi connectivity index (χ2v) is 8.62. The zero-order valence-electron chi connectivity index (χ0n) is 17.3. The van der Waals surface area contributed by atoms with Crippen molar-refractivity contribution in [2.24, 2.45) is 5.10 Å². The summed E-state index contributed by atoms with van der Waals surface area (Å²) < 4.78 is 0. The topological polar surface area (TPSA) is 65.0 Å². The maximum Gasteiger partial charge on any atom is 0.221 e. The molecule has 1 aromatic heterocycles. The van der Waals surface area contributed by atoms with Gasteiger partial charge < -0.3 is 5.32 Å². The quantitative estimate of drug-likeness (QED) is 0.547. The number of hydrazone groups is 1. The van der Waals surface area contributed by atoms with Gasteiger partial charge in [0.05, 0.1) is 10.6 Å². The molecule has 0 saturated heterocycles. The molecule has 2 heterocycles. The van der Waals surface area contributed by atoms with Crippen LogP contribution in [0, 0.1) is 6.92 Å². The summed E-state index contributed by atoms with van der Waals surface area (Å²) in [4.78, 5) is 27.0. The molecule has 1 N–H and O–H groups in total. The van der Waals surface area contributed by atoms with Crippen molar-refractivity contribution in [2.75, 3.05) is 15.2 Å². The molecule has 0 radical (unpaired) electrons. The van der Waals surface area contributed by atoms with E-state index in [0.29, 0.717) is 16.5 Å². The molecule has 1 atom stereocenters. The minimum atomic E-state index is -0.327. The number of benzene rings is 2. The van der Waals surface area contributed by atoms with Crippen molar-refractivity contribution in [1.29, 1.82) is 0 Å². The van der Waals surface area contributed by atoms with Crippen LogP contribution in [0.1, 0.15) is 30.5 Å². The Bertz CT molecular complexity index is 1160. The molecule has 8 heteroatoms. The second kappa shape index (κ2) is 8.53. The van der Waals surface area contributed by atoms with Crippen LogP contribution in [0.3, 0.4) is 0 Å². The maximum absolute atomic E-state index is 12.6. The van der Waals surface area contributed by atoms with E-state index in [1.54, 1.807) is 11.3 Å². The van der Waals surface area contributed by atoms with E-state index in [-0.39, 0.29) is 17.9 Å². The number of rotatable bonds is 5. The first-order valence-corrected chi connectivity index (χ1v) is 11.0. The lowest BCUT2D eigenvalue weighted by atomic mass is 10.1. The van der Waals surface area contributed by atoms with Crippen LogP contribution in [-0.4, -0.2) is 17.5 Å². The van der Waals surface area contributed by atoms with E-state index in [1.807, 2.05) is 63.8 Å². The first-order chi connectivity index (χ1) is 14.8. The van der Waals surface area contributed by atoms with Crippen LogP contribution in [0.4, 0.5) is 17.1 Å². The van der Waals surface area contributed by atoms with Crippen molar-refractivity contribution in [3.63, 3.8) is 0 Å². The number of carbonyl (C=O) groups is 2. The van der Waals surface area contributed by atoms with Crippen LogP contribution < -0.4 is 15.2 Å². The number of thiophene rings is 1. The van der Waals surface area contributed by atoms with Gasteiger partial charge in [-0.3, -0.25) is 14.5 Å². The standard InChI is InChI=1S/C23H21ClN4O2S/c1-14-12-13-31-21(14)23-27(19-10-6-18(7-11-19)25-16(3)30)22(15(2)29)26-28(23)20-8-4-17(24)5-9-20/h4-13,23H,1-3H3,(H,25,30)/t23-/m0/s1. The largest absolute Gasteiger partial charge is 0.326 e. The number of aryl methyl sites for hydroxylation is 1. The third kappa shape index (κ3) is 4.19. The van der Waals surface area contributed by atoms with Gasteiger partial charge in [-0.15, -0.1) is 16.4 Å². The third-order valence-electron chi connectivity index (χ3n) is 4.91. The molecule has 0 fully saturated rings. The number of carbonyl (C=O) groups excluding carboxylic acids is 2. The molecule has 2 aromatic carbocycles.